The lowest BCUT2D eigenvalue weighted by Crippen LogP contribution is -2.50. The first-order valence-corrected chi connectivity index (χ1v) is 10.7. The maximum absolute atomic E-state index is 12.8. The Balaban J connectivity index is 1.70. The average molecular weight is 451 g/mol. The molecular formula is C19H19BrN2O4S. The SMILES string of the molecule is CC(=O)c1ccc(S(=O)(=O)N2CCN(C(=O)c3ccccc3Br)CC2)cc1. The van der Waals surface area contributed by atoms with Crippen molar-refractivity contribution >= 4 is 37.6 Å². The Labute approximate surface area is 167 Å². The number of hydrogen-bond donors (Lipinski definition) is 0. The molecule has 1 amide bonds. The van der Waals surface area contributed by atoms with E-state index in [1.807, 2.05) is 6.07 Å². The molecule has 0 atom stereocenters. The molecule has 1 fully saturated rings. The Morgan fingerprint density at radius 3 is 2.07 bits per heavy atom. The summed E-state index contributed by atoms with van der Waals surface area (Å²) < 4.78 is 27.7. The van der Waals surface area contributed by atoms with Gasteiger partial charge in [0, 0.05) is 36.2 Å². The van der Waals surface area contributed by atoms with E-state index in [1.165, 1.54) is 35.5 Å². The largest absolute Gasteiger partial charge is 0.336 e. The summed E-state index contributed by atoms with van der Waals surface area (Å²) in [6.07, 6.45) is 0. The number of halogens is 1. The van der Waals surface area contributed by atoms with Crippen molar-refractivity contribution in [3.05, 3.63) is 64.1 Å². The lowest BCUT2D eigenvalue weighted by Gasteiger charge is -2.34. The van der Waals surface area contributed by atoms with Crippen LogP contribution < -0.4 is 0 Å². The first-order valence-electron chi connectivity index (χ1n) is 8.45. The zero-order valence-electron chi connectivity index (χ0n) is 14.8. The number of rotatable bonds is 4. The van der Waals surface area contributed by atoms with Crippen LogP contribution in [0.1, 0.15) is 27.6 Å². The molecule has 0 bridgehead atoms. The van der Waals surface area contributed by atoms with Crippen molar-refractivity contribution in [1.29, 1.82) is 0 Å². The molecule has 142 valence electrons. The van der Waals surface area contributed by atoms with E-state index in [-0.39, 0.29) is 29.7 Å². The number of nitrogens with zero attached hydrogens (tertiary/aromatic N) is 2. The van der Waals surface area contributed by atoms with E-state index in [2.05, 4.69) is 15.9 Å². The van der Waals surface area contributed by atoms with Crippen molar-refractivity contribution < 1.29 is 18.0 Å². The number of hydrogen-bond acceptors (Lipinski definition) is 4. The van der Waals surface area contributed by atoms with Crippen LogP contribution in [0.25, 0.3) is 0 Å². The Morgan fingerprint density at radius 2 is 1.52 bits per heavy atom. The highest BCUT2D eigenvalue weighted by Crippen LogP contribution is 2.21. The van der Waals surface area contributed by atoms with Crippen LogP contribution in [0, 0.1) is 0 Å². The maximum Gasteiger partial charge on any atom is 0.255 e. The predicted octanol–water partition coefficient (Wildman–Crippen LogP) is 2.80. The number of sulfonamides is 1. The predicted molar refractivity (Wildman–Crippen MR) is 105 cm³/mol. The summed E-state index contributed by atoms with van der Waals surface area (Å²) in [7, 11) is -3.65. The molecule has 2 aromatic carbocycles. The molecule has 27 heavy (non-hydrogen) atoms. The second kappa shape index (κ2) is 7.92. The molecule has 1 aliphatic rings. The summed E-state index contributed by atoms with van der Waals surface area (Å²) in [6, 6.07) is 13.1. The van der Waals surface area contributed by atoms with Crippen LogP contribution in [-0.2, 0) is 10.0 Å². The van der Waals surface area contributed by atoms with Gasteiger partial charge < -0.3 is 4.90 Å². The fourth-order valence-electron chi connectivity index (χ4n) is 2.95. The number of benzene rings is 2. The number of amides is 1. The molecule has 2 aromatic rings. The smallest absolute Gasteiger partial charge is 0.255 e. The second-order valence-corrected chi connectivity index (χ2v) is 9.05. The van der Waals surface area contributed by atoms with Gasteiger partial charge in [-0.05, 0) is 47.1 Å². The molecule has 0 aromatic heterocycles. The van der Waals surface area contributed by atoms with Crippen molar-refractivity contribution in [3.8, 4) is 0 Å². The molecule has 0 radical (unpaired) electrons. The summed E-state index contributed by atoms with van der Waals surface area (Å²) >= 11 is 3.38. The van der Waals surface area contributed by atoms with Gasteiger partial charge in [0.15, 0.2) is 5.78 Å². The number of carbonyl (C=O) groups excluding carboxylic acids is 2. The zero-order valence-corrected chi connectivity index (χ0v) is 17.2. The fourth-order valence-corrected chi connectivity index (χ4v) is 4.82. The molecule has 0 N–H and O–H groups in total. The first-order chi connectivity index (χ1) is 12.8. The van der Waals surface area contributed by atoms with E-state index in [9.17, 15) is 18.0 Å². The minimum Gasteiger partial charge on any atom is -0.336 e. The van der Waals surface area contributed by atoms with E-state index in [1.54, 1.807) is 23.1 Å². The summed E-state index contributed by atoms with van der Waals surface area (Å²) in [5.41, 5.74) is 1.03. The normalized spacial score (nSPS) is 15.6. The summed E-state index contributed by atoms with van der Waals surface area (Å²) in [6.45, 7) is 2.54. The summed E-state index contributed by atoms with van der Waals surface area (Å²) in [4.78, 5) is 25.8. The van der Waals surface area contributed by atoms with Gasteiger partial charge in [0.2, 0.25) is 10.0 Å². The van der Waals surface area contributed by atoms with Crippen LogP contribution >= 0.6 is 15.9 Å². The van der Waals surface area contributed by atoms with Gasteiger partial charge in [0.25, 0.3) is 5.91 Å². The molecule has 0 unspecified atom stereocenters. The molecule has 1 saturated heterocycles. The van der Waals surface area contributed by atoms with E-state index in [0.717, 1.165) is 4.47 Å². The first kappa shape index (κ1) is 19.7. The highest BCUT2D eigenvalue weighted by molar-refractivity contribution is 9.10. The molecule has 0 aliphatic carbocycles. The molecule has 0 spiro atoms. The van der Waals surface area contributed by atoms with Crippen molar-refractivity contribution in [3.63, 3.8) is 0 Å². The highest BCUT2D eigenvalue weighted by atomic mass is 79.9. The molecule has 3 rings (SSSR count). The monoisotopic (exact) mass is 450 g/mol. The van der Waals surface area contributed by atoms with Crippen LogP contribution in [0.5, 0.6) is 0 Å². The fraction of sp³-hybridized carbons (Fsp3) is 0.263. The third kappa shape index (κ3) is 4.12. The Kier molecular flexibility index (Phi) is 5.78. The van der Waals surface area contributed by atoms with Crippen LogP contribution in [0.2, 0.25) is 0 Å². The van der Waals surface area contributed by atoms with Gasteiger partial charge in [-0.2, -0.15) is 4.31 Å². The standard InChI is InChI=1S/C19H19BrN2O4S/c1-14(23)15-6-8-16(9-7-15)27(25,26)22-12-10-21(11-13-22)19(24)17-4-2-3-5-18(17)20/h2-9H,10-13H2,1H3. The van der Waals surface area contributed by atoms with Crippen LogP contribution in [-0.4, -0.2) is 55.5 Å². The van der Waals surface area contributed by atoms with Crippen molar-refractivity contribution in [2.24, 2.45) is 0 Å². The van der Waals surface area contributed by atoms with E-state index in [4.69, 9.17) is 0 Å². The van der Waals surface area contributed by atoms with Gasteiger partial charge >= 0.3 is 0 Å². The number of Topliss-reactive ketones (excluding diaryl/α,β-unsaturated/α-hetero) is 1. The summed E-state index contributed by atoms with van der Waals surface area (Å²) in [5, 5.41) is 0. The van der Waals surface area contributed by atoms with Crippen molar-refractivity contribution in [2.75, 3.05) is 26.2 Å². The highest BCUT2D eigenvalue weighted by Gasteiger charge is 2.30. The summed E-state index contributed by atoms with van der Waals surface area (Å²) in [5.74, 6) is -0.233. The van der Waals surface area contributed by atoms with E-state index >= 15 is 0 Å². The maximum atomic E-state index is 12.8. The number of ketones is 1. The van der Waals surface area contributed by atoms with Gasteiger partial charge in [-0.1, -0.05) is 24.3 Å². The Bertz CT molecular complexity index is 965. The van der Waals surface area contributed by atoms with Crippen LogP contribution in [0.15, 0.2) is 57.9 Å². The third-order valence-electron chi connectivity index (χ3n) is 4.53. The topological polar surface area (TPSA) is 74.8 Å². The average Bonchev–Trinajstić information content (AvgIpc) is 2.68. The molecule has 1 heterocycles. The van der Waals surface area contributed by atoms with Crippen molar-refractivity contribution in [2.45, 2.75) is 11.8 Å². The molecule has 6 nitrogen and oxygen atoms in total. The van der Waals surface area contributed by atoms with Gasteiger partial charge in [-0.15, -0.1) is 0 Å². The molecular weight excluding hydrogens is 432 g/mol. The molecule has 8 heteroatoms. The molecule has 0 saturated carbocycles. The molecule has 1 aliphatic heterocycles. The minimum absolute atomic E-state index is 0.113. The van der Waals surface area contributed by atoms with Gasteiger partial charge in [0.05, 0.1) is 10.5 Å². The zero-order chi connectivity index (χ0) is 19.6. The quantitative estimate of drug-likeness (QED) is 0.671. The lowest BCUT2D eigenvalue weighted by atomic mass is 10.2. The number of piperazine rings is 1. The van der Waals surface area contributed by atoms with Gasteiger partial charge in [0.1, 0.15) is 0 Å². The van der Waals surface area contributed by atoms with Crippen molar-refractivity contribution in [1.82, 2.24) is 9.21 Å². The lowest BCUT2D eigenvalue weighted by molar-refractivity contribution is 0.0697. The third-order valence-corrected chi connectivity index (χ3v) is 7.13. The minimum atomic E-state index is -3.65. The van der Waals surface area contributed by atoms with E-state index in [0.29, 0.717) is 24.2 Å². The van der Waals surface area contributed by atoms with Crippen LogP contribution in [0.3, 0.4) is 0 Å². The van der Waals surface area contributed by atoms with Gasteiger partial charge in [-0.25, -0.2) is 8.42 Å². The number of carbonyl (C=O) groups is 2. The Hall–Kier alpha value is -2.03. The van der Waals surface area contributed by atoms with Gasteiger partial charge in [-0.3, -0.25) is 9.59 Å². The Morgan fingerprint density at radius 1 is 0.926 bits per heavy atom. The second-order valence-electron chi connectivity index (χ2n) is 6.26. The van der Waals surface area contributed by atoms with Crippen LogP contribution in [0.4, 0.5) is 0 Å². The van der Waals surface area contributed by atoms with E-state index < -0.39 is 10.0 Å².